The van der Waals surface area contributed by atoms with Crippen molar-refractivity contribution < 1.29 is 18.7 Å². The number of hydrogen-bond donors (Lipinski definition) is 2. The van der Waals surface area contributed by atoms with Crippen molar-refractivity contribution in [3.8, 4) is 5.75 Å². The van der Waals surface area contributed by atoms with Gasteiger partial charge >= 0.3 is 0 Å². The van der Waals surface area contributed by atoms with Gasteiger partial charge in [0, 0.05) is 18.3 Å². The van der Waals surface area contributed by atoms with Crippen molar-refractivity contribution in [2.24, 2.45) is 0 Å². The zero-order chi connectivity index (χ0) is 21.8. The molecule has 0 saturated carbocycles. The van der Waals surface area contributed by atoms with Crippen LogP contribution in [0, 0.1) is 6.92 Å². The lowest BCUT2D eigenvalue weighted by Crippen LogP contribution is -2.18. The highest BCUT2D eigenvalue weighted by molar-refractivity contribution is 6.03. The molecule has 0 unspecified atom stereocenters. The van der Waals surface area contributed by atoms with E-state index in [1.807, 2.05) is 49.4 Å². The van der Waals surface area contributed by atoms with Gasteiger partial charge in [-0.25, -0.2) is 0 Å². The largest absolute Gasteiger partial charge is 0.486 e. The maximum absolute atomic E-state index is 12.6. The molecular formula is C25H22N2O4. The average molecular weight is 414 g/mol. The van der Waals surface area contributed by atoms with Gasteiger partial charge in [-0.2, -0.15) is 0 Å². The molecule has 0 spiro atoms. The average Bonchev–Trinajstić information content (AvgIpc) is 3.27. The Balaban J connectivity index is 1.39. The second-order valence-corrected chi connectivity index (χ2v) is 7.13. The number of fused-ring (bicyclic) bond motifs is 1. The first kappa shape index (κ1) is 20.2. The Kier molecular flexibility index (Phi) is 5.71. The number of carbonyl (C=O) groups excluding carboxylic acids is 2. The molecule has 0 radical (unpaired) electrons. The lowest BCUT2D eigenvalue weighted by atomic mass is 10.1. The lowest BCUT2D eigenvalue weighted by Gasteiger charge is -2.09. The maximum atomic E-state index is 12.6. The third-order valence-electron chi connectivity index (χ3n) is 4.95. The van der Waals surface area contributed by atoms with Crippen LogP contribution in [0.2, 0.25) is 0 Å². The molecule has 0 aliphatic heterocycles. The number of nitrogens with one attached hydrogen (secondary N) is 2. The van der Waals surface area contributed by atoms with Gasteiger partial charge in [0.15, 0.2) is 5.76 Å². The molecular weight excluding hydrogens is 392 g/mol. The summed E-state index contributed by atoms with van der Waals surface area (Å²) >= 11 is 0. The smallest absolute Gasteiger partial charge is 0.291 e. The molecule has 6 heteroatoms. The van der Waals surface area contributed by atoms with Crippen molar-refractivity contribution >= 4 is 28.3 Å². The van der Waals surface area contributed by atoms with E-state index >= 15 is 0 Å². The maximum Gasteiger partial charge on any atom is 0.291 e. The van der Waals surface area contributed by atoms with Crippen LogP contribution in [0.3, 0.4) is 0 Å². The molecule has 4 rings (SSSR count). The fourth-order valence-corrected chi connectivity index (χ4v) is 3.26. The third kappa shape index (κ3) is 4.59. The van der Waals surface area contributed by atoms with Crippen LogP contribution in [0.5, 0.6) is 5.75 Å². The first-order valence-corrected chi connectivity index (χ1v) is 9.88. The normalized spacial score (nSPS) is 10.6. The Hall–Kier alpha value is -4.06. The zero-order valence-corrected chi connectivity index (χ0v) is 17.3. The highest BCUT2D eigenvalue weighted by atomic mass is 16.5. The lowest BCUT2D eigenvalue weighted by molar-refractivity contribution is 0.0961. The Morgan fingerprint density at radius 1 is 0.903 bits per heavy atom. The number of hydrogen-bond acceptors (Lipinski definition) is 4. The zero-order valence-electron chi connectivity index (χ0n) is 17.3. The van der Waals surface area contributed by atoms with Gasteiger partial charge in [-0.05, 0) is 65.7 Å². The molecule has 0 bridgehead atoms. The second-order valence-electron chi connectivity index (χ2n) is 7.13. The van der Waals surface area contributed by atoms with E-state index in [0.717, 1.165) is 22.1 Å². The van der Waals surface area contributed by atoms with Crippen LogP contribution >= 0.6 is 0 Å². The topological polar surface area (TPSA) is 80.6 Å². The number of anilines is 1. The minimum absolute atomic E-state index is 0.178. The molecule has 0 fully saturated rings. The van der Waals surface area contributed by atoms with Gasteiger partial charge in [0.05, 0.1) is 0 Å². The van der Waals surface area contributed by atoms with E-state index in [2.05, 4.69) is 10.6 Å². The van der Waals surface area contributed by atoms with E-state index in [4.69, 9.17) is 9.15 Å². The molecule has 1 aromatic heterocycles. The number of benzene rings is 3. The first-order valence-electron chi connectivity index (χ1n) is 9.88. The Labute approximate surface area is 179 Å². The molecule has 156 valence electrons. The Morgan fingerprint density at radius 3 is 2.48 bits per heavy atom. The minimum atomic E-state index is -0.368. The van der Waals surface area contributed by atoms with E-state index in [0.29, 0.717) is 17.0 Å². The van der Waals surface area contributed by atoms with E-state index in [1.54, 1.807) is 37.4 Å². The fourth-order valence-electron chi connectivity index (χ4n) is 3.26. The quantitative estimate of drug-likeness (QED) is 0.469. The van der Waals surface area contributed by atoms with Crippen LogP contribution in [0.15, 0.2) is 77.2 Å². The molecule has 31 heavy (non-hydrogen) atoms. The highest BCUT2D eigenvalue weighted by Gasteiger charge is 2.14. The third-order valence-corrected chi connectivity index (χ3v) is 4.95. The molecule has 4 aromatic rings. The van der Waals surface area contributed by atoms with Gasteiger partial charge in [-0.15, -0.1) is 0 Å². The summed E-state index contributed by atoms with van der Waals surface area (Å²) in [5, 5.41) is 7.63. The van der Waals surface area contributed by atoms with Crippen LogP contribution in [0.4, 0.5) is 5.69 Å². The van der Waals surface area contributed by atoms with Gasteiger partial charge in [0.1, 0.15) is 18.1 Å². The molecule has 0 aliphatic rings. The predicted octanol–water partition coefficient (Wildman–Crippen LogP) is 4.93. The van der Waals surface area contributed by atoms with Crippen molar-refractivity contribution in [2.75, 3.05) is 12.4 Å². The van der Waals surface area contributed by atoms with Crippen LogP contribution in [0.1, 0.15) is 32.2 Å². The van der Waals surface area contributed by atoms with Crippen LogP contribution in [0.25, 0.3) is 10.8 Å². The fraction of sp³-hybridized carbons (Fsp3) is 0.120. The van der Waals surface area contributed by atoms with Gasteiger partial charge < -0.3 is 19.8 Å². The highest BCUT2D eigenvalue weighted by Crippen LogP contribution is 2.22. The second kappa shape index (κ2) is 8.75. The van der Waals surface area contributed by atoms with Crippen LogP contribution < -0.4 is 15.4 Å². The molecule has 6 nitrogen and oxygen atoms in total. The summed E-state index contributed by atoms with van der Waals surface area (Å²) in [6.45, 7) is 2.04. The van der Waals surface area contributed by atoms with E-state index in [1.165, 1.54) is 0 Å². The summed E-state index contributed by atoms with van der Waals surface area (Å²) < 4.78 is 11.5. The van der Waals surface area contributed by atoms with Crippen molar-refractivity contribution in [2.45, 2.75) is 13.5 Å². The summed E-state index contributed by atoms with van der Waals surface area (Å²) in [7, 11) is 1.57. The van der Waals surface area contributed by atoms with Gasteiger partial charge in [-0.1, -0.05) is 30.3 Å². The molecule has 0 aliphatic carbocycles. The molecule has 1 heterocycles. The Bertz CT molecular complexity index is 1260. The van der Waals surface area contributed by atoms with Crippen LogP contribution in [-0.2, 0) is 6.61 Å². The van der Waals surface area contributed by atoms with Crippen molar-refractivity contribution in [3.63, 3.8) is 0 Å². The number of carbonyl (C=O) groups is 2. The number of furan rings is 1. The Morgan fingerprint density at radius 2 is 1.71 bits per heavy atom. The molecule has 0 atom stereocenters. The van der Waals surface area contributed by atoms with Crippen molar-refractivity contribution in [3.05, 3.63) is 95.4 Å². The van der Waals surface area contributed by atoms with Gasteiger partial charge in [-0.3, -0.25) is 9.59 Å². The van der Waals surface area contributed by atoms with E-state index < -0.39 is 0 Å². The molecule has 0 saturated heterocycles. The summed E-state index contributed by atoms with van der Waals surface area (Å²) in [6, 6.07) is 22.3. The standard InChI is InChI=1S/C25H22N2O4/c1-16-13-19(24(28)26-2)8-11-22(16)27-25(29)23-12-10-21(31-23)15-30-20-9-7-17-5-3-4-6-18(17)14-20/h3-14H,15H2,1-2H3,(H,26,28)(H,27,29). The van der Waals surface area contributed by atoms with E-state index in [-0.39, 0.29) is 24.2 Å². The van der Waals surface area contributed by atoms with Crippen molar-refractivity contribution in [1.29, 1.82) is 0 Å². The first-order chi connectivity index (χ1) is 15.0. The molecule has 3 aromatic carbocycles. The number of rotatable bonds is 6. The molecule has 2 N–H and O–H groups in total. The summed E-state index contributed by atoms with van der Waals surface area (Å²) in [4.78, 5) is 24.3. The summed E-state index contributed by atoms with van der Waals surface area (Å²) in [5.74, 6) is 0.917. The predicted molar refractivity (Wildman–Crippen MR) is 120 cm³/mol. The summed E-state index contributed by atoms with van der Waals surface area (Å²) in [6.07, 6.45) is 0. The summed E-state index contributed by atoms with van der Waals surface area (Å²) in [5.41, 5.74) is 1.92. The van der Waals surface area contributed by atoms with E-state index in [9.17, 15) is 9.59 Å². The SMILES string of the molecule is CNC(=O)c1ccc(NC(=O)c2ccc(COc3ccc4ccccc4c3)o2)c(C)c1. The minimum Gasteiger partial charge on any atom is -0.486 e. The number of amides is 2. The number of aryl methyl sites for hydroxylation is 1. The molecule has 2 amide bonds. The monoisotopic (exact) mass is 414 g/mol. The van der Waals surface area contributed by atoms with Gasteiger partial charge in [0.2, 0.25) is 0 Å². The van der Waals surface area contributed by atoms with Crippen LogP contribution in [-0.4, -0.2) is 18.9 Å². The van der Waals surface area contributed by atoms with Crippen molar-refractivity contribution in [1.82, 2.24) is 5.32 Å². The number of ether oxygens (including phenoxy) is 1. The van der Waals surface area contributed by atoms with Gasteiger partial charge in [0.25, 0.3) is 11.8 Å².